The maximum Gasteiger partial charge on any atom is 0.335 e. The summed E-state index contributed by atoms with van der Waals surface area (Å²) < 4.78 is 18.9. The second kappa shape index (κ2) is 7.20. The normalized spacial score (nSPS) is 15.1. The largest absolute Gasteiger partial charge is 0.478 e. The van der Waals surface area contributed by atoms with Crippen molar-refractivity contribution in [2.24, 2.45) is 5.10 Å². The molecule has 2 heterocycles. The first-order chi connectivity index (χ1) is 13.9. The molecule has 2 aromatic carbocycles. The first-order valence-corrected chi connectivity index (χ1v) is 8.73. The van der Waals surface area contributed by atoms with Gasteiger partial charge in [-0.2, -0.15) is 10.1 Å². The van der Waals surface area contributed by atoms with Gasteiger partial charge in [-0.05, 0) is 61.5 Å². The number of hydrogen-bond donors (Lipinski definition) is 1. The number of amides is 1. The molecule has 0 unspecified atom stereocenters. The summed E-state index contributed by atoms with van der Waals surface area (Å²) in [6, 6.07) is 15.3. The number of carboxylic acid groups (broad SMARTS) is 1. The molecule has 0 aliphatic carbocycles. The van der Waals surface area contributed by atoms with E-state index in [0.29, 0.717) is 28.5 Å². The van der Waals surface area contributed by atoms with E-state index in [4.69, 9.17) is 9.52 Å². The standard InChI is InChI=1S/C22H15FN2O4/c1-13-19(21(26)25(24-13)17-8-6-16(23)7-9-17)12-18-10-11-20(29-18)14-2-4-15(5-3-14)22(27)28/h2-12H,1H3,(H,27,28). The van der Waals surface area contributed by atoms with Crippen molar-refractivity contribution in [2.45, 2.75) is 6.92 Å². The van der Waals surface area contributed by atoms with Crippen LogP contribution in [-0.4, -0.2) is 22.7 Å². The Morgan fingerprint density at radius 1 is 1.07 bits per heavy atom. The van der Waals surface area contributed by atoms with Crippen molar-refractivity contribution in [1.29, 1.82) is 0 Å². The minimum Gasteiger partial charge on any atom is -0.478 e. The molecule has 1 N–H and O–H groups in total. The number of anilines is 1. The lowest BCUT2D eigenvalue weighted by molar-refractivity contribution is -0.114. The van der Waals surface area contributed by atoms with Crippen molar-refractivity contribution in [3.05, 3.63) is 83.4 Å². The third kappa shape index (κ3) is 3.58. The summed E-state index contributed by atoms with van der Waals surface area (Å²) in [4.78, 5) is 23.7. The van der Waals surface area contributed by atoms with Crippen LogP contribution in [0.25, 0.3) is 17.4 Å². The Morgan fingerprint density at radius 3 is 2.41 bits per heavy atom. The summed E-state index contributed by atoms with van der Waals surface area (Å²) in [7, 11) is 0. The molecule has 3 aromatic rings. The van der Waals surface area contributed by atoms with Gasteiger partial charge in [0.2, 0.25) is 0 Å². The maximum absolute atomic E-state index is 13.1. The lowest BCUT2D eigenvalue weighted by Crippen LogP contribution is -2.21. The van der Waals surface area contributed by atoms with E-state index in [9.17, 15) is 14.0 Å². The fraction of sp³-hybridized carbons (Fsp3) is 0.0455. The van der Waals surface area contributed by atoms with Crippen LogP contribution in [0.3, 0.4) is 0 Å². The number of aromatic carboxylic acids is 1. The molecule has 1 amide bonds. The number of hydrogen-bond acceptors (Lipinski definition) is 4. The highest BCUT2D eigenvalue weighted by Crippen LogP contribution is 2.28. The van der Waals surface area contributed by atoms with Crippen LogP contribution in [0.4, 0.5) is 10.1 Å². The molecule has 29 heavy (non-hydrogen) atoms. The fourth-order valence-electron chi connectivity index (χ4n) is 2.95. The van der Waals surface area contributed by atoms with Gasteiger partial charge >= 0.3 is 5.97 Å². The second-order valence-electron chi connectivity index (χ2n) is 6.42. The van der Waals surface area contributed by atoms with E-state index < -0.39 is 11.8 Å². The molecule has 4 rings (SSSR count). The number of benzene rings is 2. The molecule has 1 aromatic heterocycles. The molecule has 0 bridgehead atoms. The molecular formula is C22H15FN2O4. The van der Waals surface area contributed by atoms with Crippen molar-refractivity contribution in [3.63, 3.8) is 0 Å². The zero-order valence-corrected chi connectivity index (χ0v) is 15.3. The molecular weight excluding hydrogens is 375 g/mol. The molecule has 7 heteroatoms. The number of carboxylic acids is 1. The second-order valence-corrected chi connectivity index (χ2v) is 6.42. The summed E-state index contributed by atoms with van der Waals surface area (Å²) in [6.45, 7) is 1.71. The Labute approximate surface area is 165 Å². The van der Waals surface area contributed by atoms with E-state index in [0.717, 1.165) is 5.56 Å². The Kier molecular flexibility index (Phi) is 4.56. The number of carbonyl (C=O) groups excluding carboxylic acids is 1. The van der Waals surface area contributed by atoms with Crippen LogP contribution in [0.2, 0.25) is 0 Å². The third-order valence-electron chi connectivity index (χ3n) is 4.46. The van der Waals surface area contributed by atoms with Gasteiger partial charge in [-0.15, -0.1) is 0 Å². The number of carbonyl (C=O) groups is 2. The number of nitrogens with zero attached hydrogens (tertiary/aromatic N) is 2. The van der Waals surface area contributed by atoms with Crippen molar-refractivity contribution >= 4 is 29.4 Å². The van der Waals surface area contributed by atoms with Gasteiger partial charge in [0, 0.05) is 5.56 Å². The third-order valence-corrected chi connectivity index (χ3v) is 4.46. The monoisotopic (exact) mass is 390 g/mol. The SMILES string of the molecule is CC1=NN(c2ccc(F)cc2)C(=O)C1=Cc1ccc(-c2ccc(C(=O)O)cc2)o1. The van der Waals surface area contributed by atoms with E-state index in [1.807, 2.05) is 0 Å². The molecule has 0 spiro atoms. The molecule has 0 saturated carbocycles. The van der Waals surface area contributed by atoms with Gasteiger partial charge in [0.25, 0.3) is 5.91 Å². The number of furan rings is 1. The molecule has 6 nitrogen and oxygen atoms in total. The summed E-state index contributed by atoms with van der Waals surface area (Å²) in [5.74, 6) is -0.721. The highest BCUT2D eigenvalue weighted by atomic mass is 19.1. The van der Waals surface area contributed by atoms with Crippen LogP contribution >= 0.6 is 0 Å². The fourth-order valence-corrected chi connectivity index (χ4v) is 2.95. The van der Waals surface area contributed by atoms with Crippen LogP contribution in [0.1, 0.15) is 23.0 Å². The van der Waals surface area contributed by atoms with E-state index in [2.05, 4.69) is 5.10 Å². The minimum absolute atomic E-state index is 0.187. The highest BCUT2D eigenvalue weighted by molar-refractivity contribution is 6.32. The lowest BCUT2D eigenvalue weighted by atomic mass is 10.1. The predicted molar refractivity (Wildman–Crippen MR) is 106 cm³/mol. The molecule has 144 valence electrons. The van der Waals surface area contributed by atoms with E-state index >= 15 is 0 Å². The average Bonchev–Trinajstić information content (AvgIpc) is 3.29. The minimum atomic E-state index is -0.998. The van der Waals surface area contributed by atoms with Gasteiger partial charge in [0.05, 0.1) is 22.5 Å². The Morgan fingerprint density at radius 2 is 1.76 bits per heavy atom. The smallest absolute Gasteiger partial charge is 0.335 e. The molecule has 1 aliphatic rings. The van der Waals surface area contributed by atoms with Crippen molar-refractivity contribution in [2.75, 3.05) is 5.01 Å². The summed E-state index contributed by atoms with van der Waals surface area (Å²) in [5.41, 5.74) is 2.26. The summed E-state index contributed by atoms with van der Waals surface area (Å²) in [6.07, 6.45) is 1.60. The molecule has 0 saturated heterocycles. The molecule has 0 atom stereocenters. The van der Waals surface area contributed by atoms with Gasteiger partial charge in [0.1, 0.15) is 17.3 Å². The summed E-state index contributed by atoms with van der Waals surface area (Å²) in [5, 5.41) is 14.4. The topological polar surface area (TPSA) is 83.1 Å². The zero-order valence-electron chi connectivity index (χ0n) is 15.3. The van der Waals surface area contributed by atoms with Crippen molar-refractivity contribution in [3.8, 4) is 11.3 Å². The predicted octanol–water partition coefficient (Wildman–Crippen LogP) is 4.59. The van der Waals surface area contributed by atoms with Crippen LogP contribution in [0, 0.1) is 5.82 Å². The van der Waals surface area contributed by atoms with Crippen LogP contribution in [0.15, 0.2) is 75.8 Å². The van der Waals surface area contributed by atoms with Gasteiger partial charge in [-0.3, -0.25) is 4.79 Å². The molecule has 1 aliphatic heterocycles. The molecule has 0 radical (unpaired) electrons. The lowest BCUT2D eigenvalue weighted by Gasteiger charge is -2.11. The van der Waals surface area contributed by atoms with E-state index in [1.54, 1.807) is 37.3 Å². The Balaban J connectivity index is 1.58. The first kappa shape index (κ1) is 18.4. The van der Waals surface area contributed by atoms with Crippen molar-refractivity contribution in [1.82, 2.24) is 0 Å². The quantitative estimate of drug-likeness (QED) is 0.661. The van der Waals surface area contributed by atoms with Gasteiger partial charge in [-0.1, -0.05) is 12.1 Å². The maximum atomic E-state index is 13.1. The van der Waals surface area contributed by atoms with Gasteiger partial charge in [0.15, 0.2) is 0 Å². The number of halogens is 1. The Hall–Kier alpha value is -4.00. The van der Waals surface area contributed by atoms with E-state index in [-0.39, 0.29) is 11.5 Å². The average molecular weight is 390 g/mol. The number of rotatable bonds is 4. The van der Waals surface area contributed by atoms with Crippen LogP contribution < -0.4 is 5.01 Å². The Bertz CT molecular complexity index is 1160. The summed E-state index contributed by atoms with van der Waals surface area (Å²) >= 11 is 0. The van der Waals surface area contributed by atoms with Gasteiger partial charge < -0.3 is 9.52 Å². The van der Waals surface area contributed by atoms with Crippen LogP contribution in [-0.2, 0) is 4.79 Å². The van der Waals surface area contributed by atoms with Gasteiger partial charge in [-0.25, -0.2) is 9.18 Å². The number of hydrazone groups is 1. The molecule has 0 fully saturated rings. The first-order valence-electron chi connectivity index (χ1n) is 8.73. The van der Waals surface area contributed by atoms with E-state index in [1.165, 1.54) is 41.4 Å². The van der Waals surface area contributed by atoms with Crippen molar-refractivity contribution < 1.29 is 23.5 Å². The zero-order chi connectivity index (χ0) is 20.5. The highest BCUT2D eigenvalue weighted by Gasteiger charge is 2.29. The van der Waals surface area contributed by atoms with Crippen LogP contribution in [0.5, 0.6) is 0 Å².